The molecule has 2 nitrogen and oxygen atoms in total. The molecule has 0 saturated carbocycles. The summed E-state index contributed by atoms with van der Waals surface area (Å²) in [6.45, 7) is 1.84. The molecule has 3 heteroatoms. The van der Waals surface area contributed by atoms with Gasteiger partial charge in [0, 0.05) is 0 Å². The number of hydrogen-bond donors (Lipinski definition) is 0. The van der Waals surface area contributed by atoms with Crippen molar-refractivity contribution in [3.05, 3.63) is 35.1 Å². The first-order valence-electron chi connectivity index (χ1n) is 4.54. The van der Waals surface area contributed by atoms with E-state index in [1.807, 2.05) is 13.0 Å². The molecule has 0 amide bonds. The molecular formula is C11H10FNO. The first-order chi connectivity index (χ1) is 6.67. The Hall–Kier alpha value is -1.47. The van der Waals surface area contributed by atoms with Crippen LogP contribution in [0.15, 0.2) is 23.2 Å². The molecule has 0 aliphatic heterocycles. The number of fused-ring (bicyclic) bond motifs is 1. The third kappa shape index (κ3) is 1.17. The SMILES string of the molecule is CC1(N=C=O)CCc2c(F)cccc21. The molecule has 1 aromatic rings. The summed E-state index contributed by atoms with van der Waals surface area (Å²) in [5.74, 6) is -0.202. The van der Waals surface area contributed by atoms with E-state index in [1.54, 1.807) is 12.1 Å². The Bertz CT molecular complexity index is 423. The van der Waals surface area contributed by atoms with Gasteiger partial charge in [-0.3, -0.25) is 0 Å². The average Bonchev–Trinajstić information content (AvgIpc) is 2.47. The number of hydrogen-bond acceptors (Lipinski definition) is 2. The number of aliphatic imine (C=N–C) groups is 1. The van der Waals surface area contributed by atoms with Crippen molar-refractivity contribution < 1.29 is 9.18 Å². The zero-order valence-corrected chi connectivity index (χ0v) is 7.88. The molecule has 0 aromatic heterocycles. The second-order valence-electron chi connectivity index (χ2n) is 3.74. The highest BCUT2D eigenvalue weighted by atomic mass is 19.1. The highest BCUT2D eigenvalue weighted by Gasteiger charge is 2.35. The Morgan fingerprint density at radius 3 is 3.07 bits per heavy atom. The van der Waals surface area contributed by atoms with Crippen LogP contribution in [0.2, 0.25) is 0 Å². The molecular weight excluding hydrogens is 181 g/mol. The summed E-state index contributed by atoms with van der Waals surface area (Å²) in [4.78, 5) is 14.0. The van der Waals surface area contributed by atoms with E-state index < -0.39 is 5.54 Å². The maximum absolute atomic E-state index is 13.3. The summed E-state index contributed by atoms with van der Waals surface area (Å²) < 4.78 is 13.3. The van der Waals surface area contributed by atoms with Crippen molar-refractivity contribution in [2.45, 2.75) is 25.3 Å². The lowest BCUT2D eigenvalue weighted by molar-refractivity contribution is 0.482. The molecule has 0 saturated heterocycles. The maximum Gasteiger partial charge on any atom is 0.235 e. The van der Waals surface area contributed by atoms with E-state index in [2.05, 4.69) is 4.99 Å². The van der Waals surface area contributed by atoms with Crippen LogP contribution in [0.25, 0.3) is 0 Å². The van der Waals surface area contributed by atoms with Gasteiger partial charge in [0.2, 0.25) is 6.08 Å². The lowest BCUT2D eigenvalue weighted by atomic mass is 9.95. The average molecular weight is 191 g/mol. The van der Waals surface area contributed by atoms with Crippen LogP contribution in [0.5, 0.6) is 0 Å². The van der Waals surface area contributed by atoms with Gasteiger partial charge in [0.15, 0.2) is 0 Å². The predicted octanol–water partition coefficient (Wildman–Crippen LogP) is 2.32. The van der Waals surface area contributed by atoms with Crippen LogP contribution < -0.4 is 0 Å². The molecule has 1 atom stereocenters. The Balaban J connectivity index is 2.60. The summed E-state index contributed by atoms with van der Waals surface area (Å²) >= 11 is 0. The van der Waals surface area contributed by atoms with E-state index in [0.29, 0.717) is 18.4 Å². The number of benzene rings is 1. The summed E-state index contributed by atoms with van der Waals surface area (Å²) in [7, 11) is 0. The topological polar surface area (TPSA) is 29.4 Å². The quantitative estimate of drug-likeness (QED) is 0.494. The zero-order chi connectivity index (χ0) is 10.2. The first kappa shape index (κ1) is 9.10. The van der Waals surface area contributed by atoms with E-state index in [0.717, 1.165) is 5.56 Å². The molecule has 1 aliphatic rings. The van der Waals surface area contributed by atoms with Crippen LogP contribution in [-0.4, -0.2) is 6.08 Å². The van der Waals surface area contributed by atoms with Gasteiger partial charge in [-0.25, -0.2) is 9.18 Å². The van der Waals surface area contributed by atoms with Crippen LogP contribution in [0.1, 0.15) is 24.5 Å². The molecule has 0 heterocycles. The highest BCUT2D eigenvalue weighted by molar-refractivity contribution is 5.44. The molecule has 14 heavy (non-hydrogen) atoms. The fourth-order valence-electron chi connectivity index (χ4n) is 2.04. The molecule has 0 spiro atoms. The normalized spacial score (nSPS) is 24.1. The Labute approximate surface area is 81.5 Å². The van der Waals surface area contributed by atoms with Gasteiger partial charge in [0.25, 0.3) is 0 Å². The highest BCUT2D eigenvalue weighted by Crippen LogP contribution is 2.40. The van der Waals surface area contributed by atoms with Crippen molar-refractivity contribution in [2.24, 2.45) is 4.99 Å². The monoisotopic (exact) mass is 191 g/mol. The van der Waals surface area contributed by atoms with Crippen LogP contribution in [-0.2, 0) is 16.8 Å². The number of nitrogens with zero attached hydrogens (tertiary/aromatic N) is 1. The van der Waals surface area contributed by atoms with E-state index in [9.17, 15) is 9.18 Å². The second-order valence-corrected chi connectivity index (χ2v) is 3.74. The number of rotatable bonds is 1. The van der Waals surface area contributed by atoms with Crippen molar-refractivity contribution in [2.75, 3.05) is 0 Å². The third-order valence-electron chi connectivity index (χ3n) is 2.85. The lowest BCUT2D eigenvalue weighted by Crippen LogP contribution is -2.14. The van der Waals surface area contributed by atoms with Gasteiger partial charge in [-0.15, -0.1) is 0 Å². The van der Waals surface area contributed by atoms with E-state index in [4.69, 9.17) is 0 Å². The van der Waals surface area contributed by atoms with Gasteiger partial charge < -0.3 is 0 Å². The van der Waals surface area contributed by atoms with Gasteiger partial charge in [-0.05, 0) is 37.0 Å². The van der Waals surface area contributed by atoms with E-state index in [1.165, 1.54) is 6.07 Å². The van der Waals surface area contributed by atoms with Gasteiger partial charge in [-0.1, -0.05) is 12.1 Å². The molecule has 0 fully saturated rings. The Morgan fingerprint density at radius 2 is 2.36 bits per heavy atom. The minimum atomic E-state index is -0.570. The van der Waals surface area contributed by atoms with Crippen molar-refractivity contribution in [1.29, 1.82) is 0 Å². The third-order valence-corrected chi connectivity index (χ3v) is 2.85. The molecule has 0 bridgehead atoms. The van der Waals surface area contributed by atoms with Gasteiger partial charge in [0.1, 0.15) is 5.82 Å². The lowest BCUT2D eigenvalue weighted by Gasteiger charge is -2.17. The van der Waals surface area contributed by atoms with Crippen molar-refractivity contribution in [1.82, 2.24) is 0 Å². The van der Waals surface area contributed by atoms with Crippen LogP contribution >= 0.6 is 0 Å². The summed E-state index contributed by atoms with van der Waals surface area (Å²) in [6.07, 6.45) is 2.88. The van der Waals surface area contributed by atoms with E-state index >= 15 is 0 Å². The number of isocyanates is 1. The summed E-state index contributed by atoms with van der Waals surface area (Å²) in [5, 5.41) is 0. The molecule has 72 valence electrons. The zero-order valence-electron chi connectivity index (χ0n) is 7.88. The number of carbonyl (C=O) groups excluding carboxylic acids is 1. The fourth-order valence-corrected chi connectivity index (χ4v) is 2.04. The molecule has 2 rings (SSSR count). The Kier molecular flexibility index (Phi) is 1.97. The van der Waals surface area contributed by atoms with Crippen LogP contribution in [0, 0.1) is 5.82 Å². The largest absolute Gasteiger partial charge is 0.235 e. The van der Waals surface area contributed by atoms with Crippen LogP contribution in [0.4, 0.5) is 4.39 Å². The van der Waals surface area contributed by atoms with Gasteiger partial charge >= 0.3 is 0 Å². The van der Waals surface area contributed by atoms with Gasteiger partial charge in [0.05, 0.1) is 5.54 Å². The molecule has 0 radical (unpaired) electrons. The Morgan fingerprint density at radius 1 is 1.57 bits per heavy atom. The summed E-state index contributed by atoms with van der Waals surface area (Å²) in [5.41, 5.74) is 0.939. The molecule has 1 aromatic carbocycles. The summed E-state index contributed by atoms with van der Waals surface area (Å²) in [6, 6.07) is 4.92. The molecule has 1 aliphatic carbocycles. The maximum atomic E-state index is 13.3. The fraction of sp³-hybridized carbons (Fsp3) is 0.364. The van der Waals surface area contributed by atoms with Gasteiger partial charge in [-0.2, -0.15) is 4.99 Å². The smallest absolute Gasteiger partial charge is 0.211 e. The number of halogens is 1. The molecule has 0 N–H and O–H groups in total. The van der Waals surface area contributed by atoms with E-state index in [-0.39, 0.29) is 5.82 Å². The van der Waals surface area contributed by atoms with Crippen LogP contribution in [0.3, 0.4) is 0 Å². The van der Waals surface area contributed by atoms with Crippen molar-refractivity contribution >= 4 is 6.08 Å². The standard InChI is InChI=1S/C11H10FNO/c1-11(13-7-14)6-5-8-9(11)3-2-4-10(8)12/h2-4H,5-6H2,1H3. The molecule has 1 unspecified atom stereocenters. The van der Waals surface area contributed by atoms with Crippen molar-refractivity contribution in [3.8, 4) is 0 Å². The second kappa shape index (κ2) is 3.03. The van der Waals surface area contributed by atoms with Crippen molar-refractivity contribution in [3.63, 3.8) is 0 Å². The predicted molar refractivity (Wildman–Crippen MR) is 50.2 cm³/mol. The minimum absolute atomic E-state index is 0.202. The minimum Gasteiger partial charge on any atom is -0.211 e. The first-order valence-corrected chi connectivity index (χ1v) is 4.54.